The number of aryl methyl sites for hydroxylation is 1. The molecule has 0 aromatic heterocycles. The Hall–Kier alpha value is -1.43. The summed E-state index contributed by atoms with van der Waals surface area (Å²) in [6, 6.07) is 15.9. The highest BCUT2D eigenvalue weighted by Crippen LogP contribution is 2.18. The van der Waals surface area contributed by atoms with Crippen LogP contribution >= 0.6 is 24.4 Å². The Kier molecular flexibility index (Phi) is 13.1. The summed E-state index contributed by atoms with van der Waals surface area (Å²) >= 11 is 5.87. The quantitative estimate of drug-likeness (QED) is 0.325. The van der Waals surface area contributed by atoms with Gasteiger partial charge in [-0.25, -0.2) is 0 Å². The Morgan fingerprint density at radius 3 is 2.08 bits per heavy atom. The number of thiol groups is 1. The molecule has 0 saturated carbocycles. The maximum atomic E-state index is 5.62. The van der Waals surface area contributed by atoms with Gasteiger partial charge < -0.3 is 10.5 Å². The van der Waals surface area contributed by atoms with Gasteiger partial charge in [0.05, 0.1) is 7.11 Å². The Balaban J connectivity index is 0.000000405. The van der Waals surface area contributed by atoms with Crippen molar-refractivity contribution >= 4 is 31.1 Å². The standard InChI is InChI=1S/C9H12N2O.C8H10S2.C2H6/c1-11-9(10)7-3-5-8(12-2)6-4-7;1-7-2-4-8(5-3-7)10-6-9;1-2/h3-6,9H,1,10H2,2H3;2-5,9H,6H2,1H3;1-2H3. The molecular formula is C19H28N2OS2. The number of benzene rings is 2. The van der Waals surface area contributed by atoms with Crippen LogP contribution in [0.4, 0.5) is 0 Å². The van der Waals surface area contributed by atoms with E-state index in [0.717, 1.165) is 16.4 Å². The zero-order valence-electron chi connectivity index (χ0n) is 14.9. The van der Waals surface area contributed by atoms with Crippen molar-refractivity contribution < 1.29 is 4.74 Å². The van der Waals surface area contributed by atoms with E-state index in [4.69, 9.17) is 10.5 Å². The highest BCUT2D eigenvalue weighted by Gasteiger charge is 2.00. The summed E-state index contributed by atoms with van der Waals surface area (Å²) in [6.45, 7) is 9.47. The molecule has 1 atom stereocenters. The van der Waals surface area contributed by atoms with Gasteiger partial charge in [0.25, 0.3) is 0 Å². The smallest absolute Gasteiger partial charge is 0.122 e. The molecule has 0 aliphatic heterocycles. The Morgan fingerprint density at radius 1 is 1.12 bits per heavy atom. The maximum Gasteiger partial charge on any atom is 0.122 e. The summed E-state index contributed by atoms with van der Waals surface area (Å²) in [7, 11) is 1.63. The fraction of sp³-hybridized carbons (Fsp3) is 0.316. The molecule has 2 aromatic rings. The average Bonchev–Trinajstić information content (AvgIpc) is 2.65. The highest BCUT2D eigenvalue weighted by molar-refractivity contribution is 8.09. The lowest BCUT2D eigenvalue weighted by Crippen LogP contribution is -2.05. The number of ether oxygens (including phenoxy) is 1. The first-order valence-corrected chi connectivity index (χ1v) is 9.38. The van der Waals surface area contributed by atoms with Gasteiger partial charge in [0.2, 0.25) is 0 Å². The lowest BCUT2D eigenvalue weighted by Gasteiger charge is -2.06. The van der Waals surface area contributed by atoms with Gasteiger partial charge in [-0.05, 0) is 43.5 Å². The molecule has 5 heteroatoms. The number of aliphatic imine (C=N–C) groups is 1. The first-order valence-electron chi connectivity index (χ1n) is 7.76. The molecule has 0 aliphatic rings. The third-order valence-corrected chi connectivity index (χ3v) is 4.03. The molecule has 3 nitrogen and oxygen atoms in total. The second kappa shape index (κ2) is 14.0. The van der Waals surface area contributed by atoms with Gasteiger partial charge >= 0.3 is 0 Å². The lowest BCUT2D eigenvalue weighted by atomic mass is 10.2. The molecule has 1 unspecified atom stereocenters. The largest absolute Gasteiger partial charge is 0.497 e. The third kappa shape index (κ3) is 9.01. The van der Waals surface area contributed by atoms with Crippen molar-refractivity contribution in [1.82, 2.24) is 0 Å². The van der Waals surface area contributed by atoms with Crippen LogP contribution in [0.2, 0.25) is 0 Å². The molecule has 0 amide bonds. The van der Waals surface area contributed by atoms with E-state index >= 15 is 0 Å². The maximum absolute atomic E-state index is 5.62. The minimum atomic E-state index is -0.337. The SMILES string of the molecule is C=NC(N)c1ccc(OC)cc1.CC.Cc1ccc(SCS)cc1. The number of nitrogens with two attached hydrogens (primary N) is 1. The van der Waals surface area contributed by atoms with Crippen molar-refractivity contribution in [3.05, 3.63) is 59.7 Å². The van der Waals surface area contributed by atoms with Gasteiger partial charge in [0.1, 0.15) is 11.9 Å². The Morgan fingerprint density at radius 2 is 1.67 bits per heavy atom. The van der Waals surface area contributed by atoms with Crippen LogP contribution in [0.5, 0.6) is 5.75 Å². The summed E-state index contributed by atoms with van der Waals surface area (Å²) in [4.78, 5) is 4.99. The van der Waals surface area contributed by atoms with E-state index in [1.807, 2.05) is 38.1 Å². The number of thioether (sulfide) groups is 1. The minimum absolute atomic E-state index is 0.337. The van der Waals surface area contributed by atoms with Crippen molar-refractivity contribution in [3.63, 3.8) is 0 Å². The summed E-state index contributed by atoms with van der Waals surface area (Å²) < 4.78 is 5.00. The number of methoxy groups -OCH3 is 1. The molecule has 24 heavy (non-hydrogen) atoms. The van der Waals surface area contributed by atoms with Crippen LogP contribution in [0.1, 0.15) is 31.1 Å². The third-order valence-electron chi connectivity index (χ3n) is 2.91. The molecule has 2 rings (SSSR count). The van der Waals surface area contributed by atoms with Crippen LogP contribution < -0.4 is 10.5 Å². The molecule has 0 fully saturated rings. The van der Waals surface area contributed by atoms with Crippen molar-refractivity contribution in [1.29, 1.82) is 0 Å². The highest BCUT2D eigenvalue weighted by atomic mass is 32.2. The Labute approximate surface area is 156 Å². The predicted octanol–water partition coefficient (Wildman–Crippen LogP) is 5.35. The fourth-order valence-electron chi connectivity index (χ4n) is 1.62. The van der Waals surface area contributed by atoms with Gasteiger partial charge in [0.15, 0.2) is 0 Å². The van der Waals surface area contributed by atoms with Crippen LogP contribution in [-0.4, -0.2) is 18.9 Å². The molecule has 0 saturated heterocycles. The average molecular weight is 365 g/mol. The van der Waals surface area contributed by atoms with Crippen LogP contribution in [0.15, 0.2) is 58.4 Å². The van der Waals surface area contributed by atoms with E-state index in [1.165, 1.54) is 10.5 Å². The zero-order chi connectivity index (χ0) is 18.4. The molecule has 0 bridgehead atoms. The van der Waals surface area contributed by atoms with Crippen molar-refractivity contribution in [2.24, 2.45) is 10.7 Å². The van der Waals surface area contributed by atoms with Gasteiger partial charge in [-0.15, -0.1) is 11.8 Å². The van der Waals surface area contributed by atoms with Crippen LogP contribution in [0, 0.1) is 6.92 Å². The van der Waals surface area contributed by atoms with E-state index in [1.54, 1.807) is 18.9 Å². The van der Waals surface area contributed by atoms with Crippen LogP contribution in [0.3, 0.4) is 0 Å². The van der Waals surface area contributed by atoms with Crippen LogP contribution in [0.25, 0.3) is 0 Å². The molecular weight excluding hydrogens is 336 g/mol. The summed E-state index contributed by atoms with van der Waals surface area (Å²) in [5, 5.41) is 0.850. The molecule has 2 N–H and O–H groups in total. The summed E-state index contributed by atoms with van der Waals surface area (Å²) in [5.41, 5.74) is 7.86. The number of hydrogen-bond acceptors (Lipinski definition) is 5. The molecule has 0 aliphatic carbocycles. The van der Waals surface area contributed by atoms with Crippen molar-refractivity contribution in [3.8, 4) is 5.75 Å². The Bertz CT molecular complexity index is 557. The van der Waals surface area contributed by atoms with Gasteiger partial charge in [0, 0.05) is 9.98 Å². The van der Waals surface area contributed by atoms with Crippen molar-refractivity contribution in [2.45, 2.75) is 31.8 Å². The number of hydrogen-bond donors (Lipinski definition) is 2. The first-order chi connectivity index (χ1) is 11.6. The normalized spacial score (nSPS) is 10.4. The van der Waals surface area contributed by atoms with E-state index in [-0.39, 0.29) is 6.17 Å². The second-order valence-corrected chi connectivity index (χ2v) is 6.28. The first kappa shape index (κ1) is 22.6. The van der Waals surface area contributed by atoms with E-state index in [9.17, 15) is 0 Å². The predicted molar refractivity (Wildman–Crippen MR) is 112 cm³/mol. The van der Waals surface area contributed by atoms with Gasteiger partial charge in [-0.2, -0.15) is 12.6 Å². The van der Waals surface area contributed by atoms with E-state index in [0.29, 0.717) is 0 Å². The molecule has 0 spiro atoms. The second-order valence-electron chi connectivity index (χ2n) is 4.49. The van der Waals surface area contributed by atoms with Crippen LogP contribution in [-0.2, 0) is 0 Å². The molecule has 0 heterocycles. The van der Waals surface area contributed by atoms with Gasteiger partial charge in [-0.1, -0.05) is 43.7 Å². The minimum Gasteiger partial charge on any atom is -0.497 e. The zero-order valence-corrected chi connectivity index (χ0v) is 16.6. The monoisotopic (exact) mass is 364 g/mol. The molecule has 0 radical (unpaired) electrons. The number of nitrogens with zero attached hydrogens (tertiary/aromatic N) is 1. The fourth-order valence-corrected chi connectivity index (χ4v) is 2.54. The molecule has 2 aromatic carbocycles. The number of rotatable bonds is 5. The topological polar surface area (TPSA) is 47.6 Å². The summed E-state index contributed by atoms with van der Waals surface area (Å²) in [6.07, 6.45) is -0.337. The van der Waals surface area contributed by atoms with E-state index < -0.39 is 0 Å². The summed E-state index contributed by atoms with van der Waals surface area (Å²) in [5.74, 6) is 0.815. The lowest BCUT2D eigenvalue weighted by molar-refractivity contribution is 0.414. The van der Waals surface area contributed by atoms with Gasteiger partial charge in [-0.3, -0.25) is 4.99 Å². The van der Waals surface area contributed by atoms with Crippen molar-refractivity contribution in [2.75, 3.05) is 12.2 Å². The molecule has 132 valence electrons. The van der Waals surface area contributed by atoms with E-state index in [2.05, 4.69) is 55.5 Å².